The van der Waals surface area contributed by atoms with E-state index in [0.29, 0.717) is 0 Å². The molecule has 1 fully saturated rings. The van der Waals surface area contributed by atoms with E-state index >= 15 is 0 Å². The van der Waals surface area contributed by atoms with Gasteiger partial charge in [-0.3, -0.25) is 4.79 Å². The lowest BCUT2D eigenvalue weighted by Crippen LogP contribution is -2.44. The number of carbonyl (C=O) groups excluding carboxylic acids is 1. The Morgan fingerprint density at radius 1 is 1.29 bits per heavy atom. The summed E-state index contributed by atoms with van der Waals surface area (Å²) in [4.78, 5) is 22.0. The highest BCUT2D eigenvalue weighted by Crippen LogP contribution is 2.27. The number of benzene rings is 1. The van der Waals surface area contributed by atoms with E-state index < -0.39 is 0 Å². The molecule has 0 aliphatic carbocycles. The number of halogens is 1. The number of anilines is 1. The second kappa shape index (κ2) is 5.85. The van der Waals surface area contributed by atoms with Crippen molar-refractivity contribution < 1.29 is 4.79 Å². The van der Waals surface area contributed by atoms with Gasteiger partial charge in [-0.2, -0.15) is 4.98 Å². The average molecular weight is 305 g/mol. The summed E-state index contributed by atoms with van der Waals surface area (Å²) in [5.41, 5.74) is 0.858. The molecule has 110 valence electrons. The third-order valence-electron chi connectivity index (χ3n) is 3.76. The van der Waals surface area contributed by atoms with Gasteiger partial charge >= 0.3 is 0 Å². The van der Waals surface area contributed by atoms with Crippen LogP contribution in [0.2, 0.25) is 5.28 Å². The van der Waals surface area contributed by atoms with Crippen LogP contribution in [0.5, 0.6) is 0 Å². The van der Waals surface area contributed by atoms with Crippen molar-refractivity contribution in [3.8, 4) is 0 Å². The number of hydrogen-bond donors (Lipinski definition) is 1. The summed E-state index contributed by atoms with van der Waals surface area (Å²) in [5, 5.41) is 4.26. The maximum Gasteiger partial charge on any atom is 0.224 e. The fraction of sp³-hybridized carbons (Fsp3) is 0.400. The zero-order chi connectivity index (χ0) is 14.8. The van der Waals surface area contributed by atoms with E-state index in [1.807, 2.05) is 24.3 Å². The second-order valence-corrected chi connectivity index (χ2v) is 5.63. The van der Waals surface area contributed by atoms with Crippen molar-refractivity contribution in [3.63, 3.8) is 0 Å². The van der Waals surface area contributed by atoms with Gasteiger partial charge in [0.2, 0.25) is 11.2 Å². The molecular formula is C15H17ClN4O. The van der Waals surface area contributed by atoms with Crippen LogP contribution in [-0.2, 0) is 4.79 Å². The molecule has 1 saturated heterocycles. The highest BCUT2D eigenvalue weighted by Gasteiger charge is 2.22. The molecule has 1 aliphatic rings. The molecule has 0 unspecified atom stereocenters. The van der Waals surface area contributed by atoms with E-state index in [9.17, 15) is 4.79 Å². The summed E-state index contributed by atoms with van der Waals surface area (Å²) in [6, 6.07) is 8.13. The average Bonchev–Trinajstić information content (AvgIpc) is 2.46. The van der Waals surface area contributed by atoms with Crippen molar-refractivity contribution in [1.82, 2.24) is 15.3 Å². The molecular weight excluding hydrogens is 288 g/mol. The van der Waals surface area contributed by atoms with Gasteiger partial charge in [0.25, 0.3) is 0 Å². The molecule has 1 N–H and O–H groups in total. The lowest BCUT2D eigenvalue weighted by Gasteiger charge is -2.33. The first-order valence-electron chi connectivity index (χ1n) is 7.08. The van der Waals surface area contributed by atoms with Crippen LogP contribution in [0.25, 0.3) is 10.9 Å². The molecule has 3 rings (SSSR count). The Morgan fingerprint density at radius 3 is 2.71 bits per heavy atom. The first-order valence-corrected chi connectivity index (χ1v) is 7.45. The Hall–Kier alpha value is -1.88. The number of nitrogens with one attached hydrogen (secondary N) is 1. The minimum absolute atomic E-state index is 0.0315. The summed E-state index contributed by atoms with van der Waals surface area (Å²) in [6.07, 6.45) is 1.82. The zero-order valence-electron chi connectivity index (χ0n) is 11.8. The molecule has 0 saturated carbocycles. The van der Waals surface area contributed by atoms with Crippen LogP contribution >= 0.6 is 11.6 Å². The summed E-state index contributed by atoms with van der Waals surface area (Å²) in [5.74, 6) is 0.913. The van der Waals surface area contributed by atoms with Crippen LogP contribution in [-0.4, -0.2) is 35.0 Å². The number of carbonyl (C=O) groups is 1. The Kier molecular flexibility index (Phi) is 3.92. The summed E-state index contributed by atoms with van der Waals surface area (Å²) >= 11 is 6.03. The maximum absolute atomic E-state index is 11.1. The van der Waals surface area contributed by atoms with Gasteiger partial charge in [0, 0.05) is 31.4 Å². The topological polar surface area (TPSA) is 58.1 Å². The molecule has 1 aliphatic heterocycles. The number of hydrogen-bond acceptors (Lipinski definition) is 4. The summed E-state index contributed by atoms with van der Waals surface area (Å²) in [7, 11) is 0. The van der Waals surface area contributed by atoms with Gasteiger partial charge in [-0.1, -0.05) is 12.1 Å². The Bertz CT molecular complexity index is 668. The molecule has 5 nitrogen and oxygen atoms in total. The Labute approximate surface area is 128 Å². The molecule has 1 amide bonds. The standard InChI is InChI=1S/C15H17ClN4O/c1-10(21)17-11-6-8-20(9-7-11)14-12-4-2-3-5-13(12)18-15(16)19-14/h2-5,11H,6-9H2,1H3,(H,17,21). The number of para-hydroxylation sites is 1. The third kappa shape index (κ3) is 3.08. The van der Waals surface area contributed by atoms with Gasteiger partial charge in [0.1, 0.15) is 5.82 Å². The summed E-state index contributed by atoms with van der Waals surface area (Å²) in [6.45, 7) is 3.26. The van der Waals surface area contributed by atoms with Gasteiger partial charge in [0.05, 0.1) is 5.52 Å². The maximum atomic E-state index is 11.1. The molecule has 6 heteroatoms. The quantitative estimate of drug-likeness (QED) is 0.866. The highest BCUT2D eigenvalue weighted by atomic mass is 35.5. The second-order valence-electron chi connectivity index (χ2n) is 5.30. The zero-order valence-corrected chi connectivity index (χ0v) is 12.6. The normalized spacial score (nSPS) is 16.2. The van der Waals surface area contributed by atoms with E-state index in [-0.39, 0.29) is 17.2 Å². The minimum Gasteiger partial charge on any atom is -0.356 e. The van der Waals surface area contributed by atoms with E-state index in [1.54, 1.807) is 6.92 Å². The molecule has 0 radical (unpaired) electrons. The van der Waals surface area contributed by atoms with Crippen LogP contribution < -0.4 is 10.2 Å². The van der Waals surface area contributed by atoms with Crippen molar-refractivity contribution >= 4 is 34.2 Å². The lowest BCUT2D eigenvalue weighted by molar-refractivity contribution is -0.119. The molecule has 2 aromatic rings. The van der Waals surface area contributed by atoms with Gasteiger partial charge in [-0.05, 0) is 36.6 Å². The lowest BCUT2D eigenvalue weighted by atomic mass is 10.0. The largest absolute Gasteiger partial charge is 0.356 e. The Balaban J connectivity index is 1.84. The third-order valence-corrected chi connectivity index (χ3v) is 3.93. The molecule has 1 aromatic heterocycles. The van der Waals surface area contributed by atoms with E-state index in [1.165, 1.54) is 0 Å². The van der Waals surface area contributed by atoms with Crippen molar-refractivity contribution in [2.45, 2.75) is 25.8 Å². The van der Waals surface area contributed by atoms with Gasteiger partial charge in [-0.15, -0.1) is 0 Å². The number of aromatic nitrogens is 2. The molecule has 0 bridgehead atoms. The molecule has 2 heterocycles. The molecule has 1 aromatic carbocycles. The van der Waals surface area contributed by atoms with E-state index in [4.69, 9.17) is 11.6 Å². The minimum atomic E-state index is 0.0315. The Morgan fingerprint density at radius 2 is 2.00 bits per heavy atom. The van der Waals surface area contributed by atoms with Crippen LogP contribution in [0, 0.1) is 0 Å². The number of piperidine rings is 1. The first kappa shape index (κ1) is 14.1. The molecule has 0 spiro atoms. The van der Waals surface area contributed by atoms with Crippen molar-refractivity contribution in [2.24, 2.45) is 0 Å². The van der Waals surface area contributed by atoms with Crippen LogP contribution in [0.3, 0.4) is 0 Å². The smallest absolute Gasteiger partial charge is 0.224 e. The SMILES string of the molecule is CC(=O)NC1CCN(c2nc(Cl)nc3ccccc23)CC1. The van der Waals surface area contributed by atoms with Gasteiger partial charge < -0.3 is 10.2 Å². The molecule has 21 heavy (non-hydrogen) atoms. The van der Waals surface area contributed by atoms with Gasteiger partial charge in [0.15, 0.2) is 0 Å². The number of nitrogens with zero attached hydrogens (tertiary/aromatic N) is 3. The monoisotopic (exact) mass is 304 g/mol. The van der Waals surface area contributed by atoms with Gasteiger partial charge in [-0.25, -0.2) is 4.98 Å². The fourth-order valence-corrected chi connectivity index (χ4v) is 2.97. The highest BCUT2D eigenvalue weighted by molar-refractivity contribution is 6.28. The van der Waals surface area contributed by atoms with Crippen LogP contribution in [0.4, 0.5) is 5.82 Å². The summed E-state index contributed by atoms with van der Waals surface area (Å²) < 4.78 is 0. The van der Waals surface area contributed by atoms with Crippen molar-refractivity contribution in [1.29, 1.82) is 0 Å². The molecule has 0 atom stereocenters. The van der Waals surface area contributed by atoms with Crippen LogP contribution in [0.1, 0.15) is 19.8 Å². The fourth-order valence-electron chi connectivity index (χ4n) is 2.80. The van der Waals surface area contributed by atoms with Crippen LogP contribution in [0.15, 0.2) is 24.3 Å². The van der Waals surface area contributed by atoms with Crippen molar-refractivity contribution in [2.75, 3.05) is 18.0 Å². The van der Waals surface area contributed by atoms with E-state index in [0.717, 1.165) is 42.7 Å². The number of amides is 1. The van der Waals surface area contributed by atoms with Crippen molar-refractivity contribution in [3.05, 3.63) is 29.5 Å². The first-order chi connectivity index (χ1) is 10.1. The number of rotatable bonds is 2. The number of fused-ring (bicyclic) bond motifs is 1. The van der Waals surface area contributed by atoms with E-state index in [2.05, 4.69) is 20.2 Å². The predicted molar refractivity (Wildman–Crippen MR) is 83.6 cm³/mol. The predicted octanol–water partition coefficient (Wildman–Crippen LogP) is 2.39.